The molecule has 12 heavy (non-hydrogen) atoms. The van der Waals surface area contributed by atoms with E-state index in [4.69, 9.17) is 4.74 Å². The third kappa shape index (κ3) is 2.01. The molecular weight excluding hydrogens is 148 g/mol. The summed E-state index contributed by atoms with van der Waals surface area (Å²) in [4.78, 5) is 0. The molecule has 0 unspecified atom stereocenters. The zero-order valence-corrected chi connectivity index (χ0v) is 8.73. The monoisotopic (exact) mass is 170 g/mol. The van der Waals surface area contributed by atoms with E-state index in [-0.39, 0.29) is 0 Å². The molecule has 2 fully saturated rings. The van der Waals surface area contributed by atoms with E-state index in [9.17, 15) is 0 Å². The molecular formula is C11H22O. The van der Waals surface area contributed by atoms with Gasteiger partial charge in [-0.25, -0.2) is 0 Å². The Bertz CT molecular complexity index is 109. The van der Waals surface area contributed by atoms with Crippen molar-refractivity contribution in [2.24, 2.45) is 11.3 Å². The van der Waals surface area contributed by atoms with E-state index >= 15 is 0 Å². The first-order valence-electron chi connectivity index (χ1n) is 5.39. The quantitative estimate of drug-likeness (QED) is 0.542. The van der Waals surface area contributed by atoms with Gasteiger partial charge in [0.1, 0.15) is 0 Å². The summed E-state index contributed by atoms with van der Waals surface area (Å²) in [5.41, 5.74) is 0.748. The van der Waals surface area contributed by atoms with Gasteiger partial charge in [0.05, 0.1) is 0 Å². The Labute approximate surface area is 76.5 Å². The van der Waals surface area contributed by atoms with E-state index in [0.717, 1.165) is 24.5 Å². The van der Waals surface area contributed by atoms with Crippen LogP contribution in [0.15, 0.2) is 0 Å². The van der Waals surface area contributed by atoms with Crippen LogP contribution < -0.4 is 0 Å². The summed E-state index contributed by atoms with van der Waals surface area (Å²) < 4.78 is 5.34. The molecule has 0 aromatic rings. The second-order valence-electron chi connectivity index (χ2n) is 4.13. The molecule has 1 aliphatic heterocycles. The van der Waals surface area contributed by atoms with Crippen LogP contribution in [-0.2, 0) is 4.74 Å². The average Bonchev–Trinajstić information content (AvgIpc) is 2.08. The van der Waals surface area contributed by atoms with Gasteiger partial charge in [-0.1, -0.05) is 20.8 Å². The molecule has 0 aromatic carbocycles. The summed E-state index contributed by atoms with van der Waals surface area (Å²) in [7, 11) is 0. The first-order valence-corrected chi connectivity index (χ1v) is 5.39. The lowest BCUT2D eigenvalue weighted by atomic mass is 9.59. The Morgan fingerprint density at radius 2 is 1.58 bits per heavy atom. The van der Waals surface area contributed by atoms with E-state index < -0.39 is 0 Å². The van der Waals surface area contributed by atoms with Crippen LogP contribution >= 0.6 is 0 Å². The number of hydrogen-bond acceptors (Lipinski definition) is 1. The molecule has 1 spiro atoms. The summed E-state index contributed by atoms with van der Waals surface area (Å²) in [6, 6.07) is 0. The normalized spacial score (nSPS) is 27.2. The summed E-state index contributed by atoms with van der Waals surface area (Å²) in [6.45, 7) is 8.40. The van der Waals surface area contributed by atoms with Gasteiger partial charge in [0, 0.05) is 13.2 Å². The van der Waals surface area contributed by atoms with Crippen molar-refractivity contribution in [2.45, 2.75) is 46.5 Å². The third-order valence-electron chi connectivity index (χ3n) is 3.12. The topological polar surface area (TPSA) is 9.23 Å². The average molecular weight is 170 g/mol. The molecule has 1 saturated heterocycles. The summed E-state index contributed by atoms with van der Waals surface area (Å²) in [5.74, 6) is 0.998. The fourth-order valence-electron chi connectivity index (χ4n) is 2.63. The highest BCUT2D eigenvalue weighted by molar-refractivity contribution is 4.92. The van der Waals surface area contributed by atoms with Crippen LogP contribution in [0.1, 0.15) is 46.5 Å². The van der Waals surface area contributed by atoms with Crippen molar-refractivity contribution in [3.8, 4) is 0 Å². The van der Waals surface area contributed by atoms with Gasteiger partial charge in [-0.15, -0.1) is 0 Å². The molecule has 0 amide bonds. The van der Waals surface area contributed by atoms with Gasteiger partial charge in [-0.2, -0.15) is 0 Å². The van der Waals surface area contributed by atoms with Crippen LogP contribution in [0.3, 0.4) is 0 Å². The lowest BCUT2D eigenvalue weighted by molar-refractivity contribution is -0.0539. The highest BCUT2D eigenvalue weighted by atomic mass is 16.5. The molecule has 0 aromatic heterocycles. The maximum atomic E-state index is 5.34. The molecule has 0 radical (unpaired) electrons. The Morgan fingerprint density at radius 1 is 1.08 bits per heavy atom. The largest absolute Gasteiger partial charge is 0.381 e. The first kappa shape index (κ1) is 10.0. The van der Waals surface area contributed by atoms with Crippen LogP contribution in [0.4, 0.5) is 0 Å². The van der Waals surface area contributed by atoms with Crippen LogP contribution in [0.25, 0.3) is 0 Å². The van der Waals surface area contributed by atoms with Crippen molar-refractivity contribution in [3.05, 3.63) is 0 Å². The Morgan fingerprint density at radius 3 is 2.00 bits per heavy atom. The zero-order valence-electron chi connectivity index (χ0n) is 8.73. The summed E-state index contributed by atoms with van der Waals surface area (Å²) in [6.07, 6.45) is 5.60. The smallest absolute Gasteiger partial charge is 0.0471 e. The molecule has 72 valence electrons. The van der Waals surface area contributed by atoms with Crippen molar-refractivity contribution < 1.29 is 4.74 Å². The van der Waals surface area contributed by atoms with Gasteiger partial charge in [-0.3, -0.25) is 0 Å². The van der Waals surface area contributed by atoms with E-state index in [1.54, 1.807) is 0 Å². The van der Waals surface area contributed by atoms with Crippen molar-refractivity contribution in [3.63, 3.8) is 0 Å². The fourth-order valence-corrected chi connectivity index (χ4v) is 2.63. The molecule has 1 aliphatic carbocycles. The Balaban J connectivity index is 0.000000336. The maximum absolute atomic E-state index is 5.34. The Hall–Kier alpha value is -0.0400. The molecule has 1 heterocycles. The summed E-state index contributed by atoms with van der Waals surface area (Å²) in [5, 5.41) is 0. The van der Waals surface area contributed by atoms with Crippen LogP contribution in [-0.4, -0.2) is 13.2 Å². The van der Waals surface area contributed by atoms with E-state index in [2.05, 4.69) is 6.92 Å². The predicted molar refractivity (Wildman–Crippen MR) is 52.2 cm³/mol. The van der Waals surface area contributed by atoms with Crippen molar-refractivity contribution in [1.29, 1.82) is 0 Å². The van der Waals surface area contributed by atoms with Crippen molar-refractivity contribution in [2.75, 3.05) is 13.2 Å². The molecule has 1 heteroatoms. The standard InChI is InChI=1S/C9H16O.C2H6/c1-8-6-9(7-8)2-4-10-5-3-9;1-2/h8H,2-7H2,1H3;1-2H3. The van der Waals surface area contributed by atoms with E-state index in [1.807, 2.05) is 13.8 Å². The minimum atomic E-state index is 0.748. The number of ether oxygens (including phenoxy) is 1. The minimum Gasteiger partial charge on any atom is -0.381 e. The maximum Gasteiger partial charge on any atom is 0.0471 e. The first-order chi connectivity index (χ1) is 5.81. The minimum absolute atomic E-state index is 0.748. The predicted octanol–water partition coefficient (Wildman–Crippen LogP) is 3.24. The fraction of sp³-hybridized carbons (Fsp3) is 1.00. The molecule has 0 atom stereocenters. The van der Waals surface area contributed by atoms with Crippen molar-refractivity contribution in [1.82, 2.24) is 0 Å². The number of hydrogen-bond donors (Lipinski definition) is 0. The van der Waals surface area contributed by atoms with Crippen LogP contribution in [0.2, 0.25) is 0 Å². The van der Waals surface area contributed by atoms with Gasteiger partial charge >= 0.3 is 0 Å². The number of rotatable bonds is 0. The van der Waals surface area contributed by atoms with Crippen molar-refractivity contribution >= 4 is 0 Å². The molecule has 1 saturated carbocycles. The second kappa shape index (κ2) is 4.27. The van der Waals surface area contributed by atoms with Crippen LogP contribution in [0, 0.1) is 11.3 Å². The lowest BCUT2D eigenvalue weighted by Gasteiger charge is -2.49. The van der Waals surface area contributed by atoms with E-state index in [1.165, 1.54) is 25.7 Å². The highest BCUT2D eigenvalue weighted by Gasteiger charge is 2.42. The third-order valence-corrected chi connectivity index (χ3v) is 3.12. The highest BCUT2D eigenvalue weighted by Crippen LogP contribution is 2.51. The van der Waals surface area contributed by atoms with E-state index in [0.29, 0.717) is 0 Å². The van der Waals surface area contributed by atoms with Gasteiger partial charge in [0.2, 0.25) is 0 Å². The molecule has 0 bridgehead atoms. The SMILES string of the molecule is CC.CC1CC2(CCOCC2)C1. The molecule has 1 nitrogen and oxygen atoms in total. The van der Waals surface area contributed by atoms with Gasteiger partial charge in [-0.05, 0) is 37.0 Å². The molecule has 2 rings (SSSR count). The van der Waals surface area contributed by atoms with Gasteiger partial charge < -0.3 is 4.74 Å². The lowest BCUT2D eigenvalue weighted by Crippen LogP contribution is -2.40. The van der Waals surface area contributed by atoms with Crippen LogP contribution in [0.5, 0.6) is 0 Å². The molecule has 0 N–H and O–H groups in total. The van der Waals surface area contributed by atoms with Gasteiger partial charge in [0.25, 0.3) is 0 Å². The summed E-state index contributed by atoms with van der Waals surface area (Å²) >= 11 is 0. The van der Waals surface area contributed by atoms with Gasteiger partial charge in [0.15, 0.2) is 0 Å². The zero-order chi connectivity index (χ0) is 9.03. The second-order valence-corrected chi connectivity index (χ2v) is 4.13. The Kier molecular flexibility index (Phi) is 3.57. The molecule has 2 aliphatic rings.